The third-order valence-electron chi connectivity index (χ3n) is 3.09. The lowest BCUT2D eigenvalue weighted by Gasteiger charge is -2.31. The molecule has 6 heteroatoms. The van der Waals surface area contributed by atoms with Crippen LogP contribution in [0.5, 0.6) is 0 Å². The molecule has 1 atom stereocenters. The van der Waals surface area contributed by atoms with Crippen molar-refractivity contribution < 1.29 is 14.6 Å². The van der Waals surface area contributed by atoms with Gasteiger partial charge in [0, 0.05) is 23.9 Å². The highest BCUT2D eigenvalue weighted by Gasteiger charge is 2.32. The molecule has 1 unspecified atom stereocenters. The molecule has 1 aromatic heterocycles. The number of aromatic nitrogens is 1. The summed E-state index contributed by atoms with van der Waals surface area (Å²) in [4.78, 5) is 18.0. The molecule has 19 heavy (non-hydrogen) atoms. The Balaban J connectivity index is 2.24. The first-order valence-corrected chi connectivity index (χ1v) is 7.28. The quantitative estimate of drug-likeness (QED) is 0.918. The first-order chi connectivity index (χ1) is 8.89. The highest BCUT2D eigenvalue weighted by atomic mass is 32.1. The van der Waals surface area contributed by atoms with E-state index in [9.17, 15) is 9.90 Å². The molecule has 1 aromatic rings. The predicted octanol–water partition coefficient (Wildman–Crippen LogP) is 1.90. The first-order valence-electron chi connectivity index (χ1n) is 6.40. The van der Waals surface area contributed by atoms with Gasteiger partial charge in [-0.2, -0.15) is 0 Å². The molecular weight excluding hydrogens is 264 g/mol. The Hall–Kier alpha value is -0.980. The van der Waals surface area contributed by atoms with E-state index in [1.54, 1.807) is 0 Å². The van der Waals surface area contributed by atoms with E-state index in [1.807, 2.05) is 10.3 Å². The Morgan fingerprint density at radius 3 is 2.58 bits per heavy atom. The molecule has 1 N–H and O–H groups in total. The van der Waals surface area contributed by atoms with Gasteiger partial charge in [-0.05, 0) is 0 Å². The summed E-state index contributed by atoms with van der Waals surface area (Å²) < 4.78 is 5.27. The van der Waals surface area contributed by atoms with E-state index < -0.39 is 12.0 Å². The number of nitrogens with zero attached hydrogens (tertiary/aromatic N) is 2. The van der Waals surface area contributed by atoms with Crippen molar-refractivity contribution in [2.45, 2.75) is 32.2 Å². The molecule has 0 aliphatic carbocycles. The molecule has 0 spiro atoms. The van der Waals surface area contributed by atoms with Gasteiger partial charge < -0.3 is 9.84 Å². The summed E-state index contributed by atoms with van der Waals surface area (Å²) in [7, 11) is 0. The maximum atomic E-state index is 11.5. The minimum Gasteiger partial charge on any atom is -0.480 e. The molecule has 1 fully saturated rings. The molecule has 0 aromatic carbocycles. The molecule has 5 nitrogen and oxygen atoms in total. The lowest BCUT2D eigenvalue weighted by Crippen LogP contribution is -2.42. The molecule has 0 radical (unpaired) electrons. The number of ether oxygens (including phenoxy) is 1. The number of hydrogen-bond acceptors (Lipinski definition) is 5. The molecule has 1 saturated heterocycles. The van der Waals surface area contributed by atoms with Crippen molar-refractivity contribution >= 4 is 17.3 Å². The van der Waals surface area contributed by atoms with Crippen molar-refractivity contribution in [3.05, 3.63) is 16.1 Å². The van der Waals surface area contributed by atoms with Gasteiger partial charge in [-0.3, -0.25) is 9.69 Å². The second-order valence-corrected chi connectivity index (χ2v) is 6.57. The number of aliphatic carboxylic acids is 1. The molecule has 0 bridgehead atoms. The lowest BCUT2D eigenvalue weighted by molar-refractivity contribution is -0.145. The van der Waals surface area contributed by atoms with Crippen LogP contribution in [-0.4, -0.2) is 47.3 Å². The van der Waals surface area contributed by atoms with Crippen molar-refractivity contribution in [3.63, 3.8) is 0 Å². The Morgan fingerprint density at radius 1 is 1.47 bits per heavy atom. The number of rotatable bonds is 3. The summed E-state index contributed by atoms with van der Waals surface area (Å²) in [6.45, 7) is 8.69. The molecular formula is C13H20N2O3S. The van der Waals surface area contributed by atoms with Crippen molar-refractivity contribution in [1.82, 2.24) is 9.88 Å². The summed E-state index contributed by atoms with van der Waals surface area (Å²) >= 11 is 1.53. The average molecular weight is 284 g/mol. The summed E-state index contributed by atoms with van der Waals surface area (Å²) in [5.74, 6) is -0.840. The van der Waals surface area contributed by atoms with E-state index in [-0.39, 0.29) is 5.41 Å². The fourth-order valence-electron chi connectivity index (χ4n) is 2.06. The number of morpholine rings is 1. The van der Waals surface area contributed by atoms with Crippen LogP contribution in [0.2, 0.25) is 0 Å². The summed E-state index contributed by atoms with van der Waals surface area (Å²) in [6, 6.07) is -0.656. The Morgan fingerprint density at radius 2 is 2.11 bits per heavy atom. The molecule has 2 rings (SSSR count). The summed E-state index contributed by atoms with van der Waals surface area (Å²) in [6.07, 6.45) is 0. The van der Waals surface area contributed by atoms with Crippen LogP contribution >= 0.6 is 11.3 Å². The minimum absolute atomic E-state index is 0.0447. The molecule has 0 amide bonds. The maximum Gasteiger partial charge on any atom is 0.327 e. The lowest BCUT2D eigenvalue weighted by atomic mass is 9.98. The van der Waals surface area contributed by atoms with Crippen molar-refractivity contribution in [3.8, 4) is 0 Å². The zero-order valence-corrected chi connectivity index (χ0v) is 12.4. The zero-order valence-electron chi connectivity index (χ0n) is 11.5. The largest absolute Gasteiger partial charge is 0.480 e. The Bertz CT molecular complexity index is 447. The van der Waals surface area contributed by atoms with Crippen molar-refractivity contribution in [1.29, 1.82) is 0 Å². The van der Waals surface area contributed by atoms with Crippen LogP contribution in [0.3, 0.4) is 0 Å². The number of hydrogen-bond donors (Lipinski definition) is 1. The third kappa shape index (κ3) is 3.32. The SMILES string of the molecule is CC(C)(C)c1nc(C(C(=O)O)N2CCOCC2)cs1. The number of carbonyl (C=O) groups is 1. The van der Waals surface area contributed by atoms with E-state index in [1.165, 1.54) is 11.3 Å². The van der Waals surface area contributed by atoms with Gasteiger partial charge in [0.2, 0.25) is 0 Å². The normalized spacial score (nSPS) is 19.3. The molecule has 1 aliphatic rings. The van der Waals surface area contributed by atoms with Gasteiger partial charge in [-0.15, -0.1) is 11.3 Å². The number of carboxylic acids is 1. The van der Waals surface area contributed by atoms with E-state index in [4.69, 9.17) is 4.74 Å². The van der Waals surface area contributed by atoms with Crippen LogP contribution in [0.25, 0.3) is 0 Å². The van der Waals surface area contributed by atoms with E-state index in [0.717, 1.165) is 5.01 Å². The molecule has 0 saturated carbocycles. The number of thiazole rings is 1. The fourth-order valence-corrected chi connectivity index (χ4v) is 2.99. The van der Waals surface area contributed by atoms with Crippen LogP contribution in [0.4, 0.5) is 0 Å². The smallest absolute Gasteiger partial charge is 0.327 e. The molecule has 2 heterocycles. The molecule has 106 valence electrons. The Kier molecular flexibility index (Phi) is 4.23. The highest BCUT2D eigenvalue weighted by Crippen LogP contribution is 2.30. The standard InChI is InChI=1S/C13H20N2O3S/c1-13(2,3)12-14-9(8-19-12)10(11(16)17)15-4-6-18-7-5-15/h8,10H,4-7H2,1-3H3,(H,16,17). The fraction of sp³-hybridized carbons (Fsp3) is 0.692. The number of carboxylic acid groups (broad SMARTS) is 1. The average Bonchev–Trinajstić information content (AvgIpc) is 2.79. The molecule has 1 aliphatic heterocycles. The van der Waals surface area contributed by atoms with Gasteiger partial charge >= 0.3 is 5.97 Å². The second-order valence-electron chi connectivity index (χ2n) is 5.72. The van der Waals surface area contributed by atoms with E-state index >= 15 is 0 Å². The van der Waals surface area contributed by atoms with Crippen LogP contribution in [-0.2, 0) is 14.9 Å². The van der Waals surface area contributed by atoms with Crippen LogP contribution in [0.1, 0.15) is 37.5 Å². The first kappa shape index (κ1) is 14.4. The summed E-state index contributed by atoms with van der Waals surface area (Å²) in [5.41, 5.74) is 0.598. The van der Waals surface area contributed by atoms with E-state index in [2.05, 4.69) is 25.8 Å². The zero-order chi connectivity index (χ0) is 14.0. The predicted molar refractivity (Wildman–Crippen MR) is 73.6 cm³/mol. The van der Waals surface area contributed by atoms with Crippen LogP contribution in [0.15, 0.2) is 5.38 Å². The second kappa shape index (κ2) is 5.56. The van der Waals surface area contributed by atoms with Gasteiger partial charge in [0.05, 0.1) is 23.9 Å². The third-order valence-corrected chi connectivity index (χ3v) is 4.37. The van der Waals surface area contributed by atoms with Gasteiger partial charge in [0.15, 0.2) is 6.04 Å². The van der Waals surface area contributed by atoms with Crippen molar-refractivity contribution in [2.75, 3.05) is 26.3 Å². The maximum absolute atomic E-state index is 11.5. The monoisotopic (exact) mass is 284 g/mol. The minimum atomic E-state index is -0.840. The van der Waals surface area contributed by atoms with Gasteiger partial charge in [-0.1, -0.05) is 20.8 Å². The highest BCUT2D eigenvalue weighted by molar-refractivity contribution is 7.09. The van der Waals surface area contributed by atoms with Gasteiger partial charge in [0.25, 0.3) is 0 Å². The topological polar surface area (TPSA) is 62.7 Å². The van der Waals surface area contributed by atoms with Gasteiger partial charge in [0.1, 0.15) is 0 Å². The summed E-state index contributed by atoms with van der Waals surface area (Å²) in [5, 5.41) is 12.3. The van der Waals surface area contributed by atoms with Crippen molar-refractivity contribution in [2.24, 2.45) is 0 Å². The van der Waals surface area contributed by atoms with Crippen LogP contribution in [0, 0.1) is 0 Å². The van der Waals surface area contributed by atoms with Crippen LogP contribution < -0.4 is 0 Å². The Labute approximate surface area is 117 Å². The van der Waals surface area contributed by atoms with Gasteiger partial charge in [-0.25, -0.2) is 4.98 Å². The van der Waals surface area contributed by atoms with E-state index in [0.29, 0.717) is 32.0 Å².